The average Bonchev–Trinajstić information content (AvgIpc) is 3.14. The topological polar surface area (TPSA) is 3.24 Å². The normalized spacial score (nSPS) is 20.4. The largest absolute Gasteiger partial charge is 0.364 e. The Hall–Kier alpha value is -1.74. The van der Waals surface area contributed by atoms with E-state index in [0.29, 0.717) is 6.04 Å². The van der Waals surface area contributed by atoms with Crippen LogP contribution in [-0.2, 0) is 6.42 Å². The molecule has 0 amide bonds. The first-order chi connectivity index (χ1) is 15.1. The van der Waals surface area contributed by atoms with E-state index in [0.717, 1.165) is 6.54 Å². The summed E-state index contributed by atoms with van der Waals surface area (Å²) in [6.45, 7) is 12.5. The smallest absolute Gasteiger partial charge is 0.152 e. The molecular formula is C28H40BNS. The van der Waals surface area contributed by atoms with Crippen molar-refractivity contribution < 1.29 is 0 Å². The van der Waals surface area contributed by atoms with Crippen LogP contribution < -0.4 is 4.78 Å². The summed E-state index contributed by atoms with van der Waals surface area (Å²) in [4.78, 5) is 4.13. The van der Waals surface area contributed by atoms with Gasteiger partial charge in [0.05, 0.1) is 6.04 Å². The average molecular weight is 434 g/mol. The van der Waals surface area contributed by atoms with Crippen molar-refractivity contribution in [1.82, 2.24) is 4.90 Å². The number of hydrogen-bond donors (Lipinski definition) is 0. The second-order valence-corrected chi connectivity index (χ2v) is 10.2. The summed E-state index contributed by atoms with van der Waals surface area (Å²) in [6, 6.07) is 2.91. The highest BCUT2D eigenvalue weighted by Crippen LogP contribution is 2.45. The number of rotatable bonds is 10. The Bertz CT molecular complexity index is 883. The molecule has 2 aliphatic rings. The van der Waals surface area contributed by atoms with Gasteiger partial charge in [-0.05, 0) is 66.6 Å². The SMILES string of the molecule is Bc1cc(CCCCCC)c(C2=C3C=CCCC3N(CCCC)/C(=C/C=C\C)C2=C)s1. The predicted molar refractivity (Wildman–Crippen MR) is 143 cm³/mol. The van der Waals surface area contributed by atoms with Crippen LogP contribution in [0.1, 0.15) is 82.6 Å². The van der Waals surface area contributed by atoms with Crippen LogP contribution in [0.4, 0.5) is 0 Å². The third-order valence-electron chi connectivity index (χ3n) is 6.51. The molecule has 3 rings (SSSR count). The maximum absolute atomic E-state index is 4.69. The Balaban J connectivity index is 2.08. The maximum Gasteiger partial charge on any atom is 0.152 e. The summed E-state index contributed by atoms with van der Waals surface area (Å²) in [7, 11) is 2.26. The molecule has 0 spiro atoms. The van der Waals surface area contributed by atoms with Crippen LogP contribution in [-0.4, -0.2) is 25.3 Å². The van der Waals surface area contributed by atoms with E-state index >= 15 is 0 Å². The summed E-state index contributed by atoms with van der Waals surface area (Å²) in [6.07, 6.45) is 22.7. The Morgan fingerprint density at radius 1 is 1.19 bits per heavy atom. The van der Waals surface area contributed by atoms with Gasteiger partial charge in [-0.2, -0.15) is 11.3 Å². The van der Waals surface area contributed by atoms with Crippen molar-refractivity contribution in [2.24, 2.45) is 0 Å². The number of thiophene rings is 1. The number of fused-ring (bicyclic) bond motifs is 1. The van der Waals surface area contributed by atoms with Crippen LogP contribution >= 0.6 is 11.3 Å². The van der Waals surface area contributed by atoms with Gasteiger partial charge in [0, 0.05) is 22.7 Å². The Kier molecular flexibility index (Phi) is 9.08. The lowest BCUT2D eigenvalue weighted by molar-refractivity contribution is 0.267. The number of aryl methyl sites for hydroxylation is 1. The molecule has 1 unspecified atom stereocenters. The zero-order valence-electron chi connectivity index (χ0n) is 20.2. The zero-order chi connectivity index (χ0) is 22.2. The first-order valence-electron chi connectivity index (χ1n) is 12.4. The van der Waals surface area contributed by atoms with Crippen molar-refractivity contribution >= 4 is 29.5 Å². The minimum Gasteiger partial charge on any atom is -0.364 e. The Labute approximate surface area is 195 Å². The van der Waals surface area contributed by atoms with Gasteiger partial charge in [-0.25, -0.2) is 0 Å². The van der Waals surface area contributed by atoms with Gasteiger partial charge in [0.2, 0.25) is 0 Å². The molecule has 1 atom stereocenters. The third-order valence-corrected chi connectivity index (χ3v) is 7.62. The molecule has 0 aromatic carbocycles. The van der Waals surface area contributed by atoms with Crippen molar-refractivity contribution in [3.63, 3.8) is 0 Å². The fourth-order valence-corrected chi connectivity index (χ4v) is 6.07. The fourth-order valence-electron chi connectivity index (χ4n) is 4.91. The molecule has 1 aliphatic heterocycles. The highest BCUT2D eigenvalue weighted by atomic mass is 32.1. The van der Waals surface area contributed by atoms with Crippen LogP contribution in [0.15, 0.2) is 59.9 Å². The van der Waals surface area contributed by atoms with Gasteiger partial charge < -0.3 is 4.90 Å². The van der Waals surface area contributed by atoms with Crippen molar-refractivity contribution in [2.75, 3.05) is 6.54 Å². The van der Waals surface area contributed by atoms with Crippen LogP contribution in [0.2, 0.25) is 0 Å². The lowest BCUT2D eigenvalue weighted by Crippen LogP contribution is -2.41. The lowest BCUT2D eigenvalue weighted by Gasteiger charge is -2.44. The second kappa shape index (κ2) is 11.8. The molecule has 1 aromatic heterocycles. The molecular weight excluding hydrogens is 393 g/mol. The number of allylic oxidation sites excluding steroid dienone is 5. The molecule has 1 aromatic rings. The van der Waals surface area contributed by atoms with Gasteiger partial charge in [0.1, 0.15) is 0 Å². The first kappa shape index (κ1) is 23.9. The van der Waals surface area contributed by atoms with Gasteiger partial charge in [-0.3, -0.25) is 0 Å². The summed E-state index contributed by atoms with van der Waals surface area (Å²) < 4.78 is 1.42. The van der Waals surface area contributed by atoms with Gasteiger partial charge >= 0.3 is 0 Å². The van der Waals surface area contributed by atoms with Crippen molar-refractivity contribution in [1.29, 1.82) is 0 Å². The summed E-state index contributed by atoms with van der Waals surface area (Å²) in [5.74, 6) is 0. The van der Waals surface area contributed by atoms with Gasteiger partial charge in [-0.1, -0.05) is 76.5 Å². The molecule has 0 saturated carbocycles. The molecule has 166 valence electrons. The number of nitrogens with zero attached hydrogens (tertiary/aromatic N) is 1. The molecule has 0 saturated heterocycles. The first-order valence-corrected chi connectivity index (χ1v) is 13.2. The Morgan fingerprint density at radius 3 is 2.74 bits per heavy atom. The summed E-state index contributed by atoms with van der Waals surface area (Å²) >= 11 is 1.97. The summed E-state index contributed by atoms with van der Waals surface area (Å²) in [5.41, 5.74) is 7.00. The minimum absolute atomic E-state index is 0.476. The molecule has 1 aliphatic carbocycles. The van der Waals surface area contributed by atoms with Gasteiger partial charge in [0.15, 0.2) is 7.85 Å². The maximum atomic E-state index is 4.69. The molecule has 3 heteroatoms. The minimum atomic E-state index is 0.476. The van der Waals surface area contributed by atoms with E-state index in [-0.39, 0.29) is 0 Å². The molecule has 2 heterocycles. The van der Waals surface area contributed by atoms with Crippen molar-refractivity contribution in [2.45, 2.75) is 84.6 Å². The fraction of sp³-hybridized carbons (Fsp3) is 0.500. The van der Waals surface area contributed by atoms with Crippen LogP contribution in [0.5, 0.6) is 0 Å². The lowest BCUT2D eigenvalue weighted by atomic mass is 9.80. The van der Waals surface area contributed by atoms with Crippen molar-refractivity contribution in [3.05, 3.63) is 70.3 Å². The Morgan fingerprint density at radius 2 is 2.00 bits per heavy atom. The molecule has 0 radical (unpaired) electrons. The van der Waals surface area contributed by atoms with Gasteiger partial charge in [0.25, 0.3) is 0 Å². The highest BCUT2D eigenvalue weighted by Gasteiger charge is 2.35. The van der Waals surface area contributed by atoms with E-state index in [1.807, 2.05) is 11.3 Å². The predicted octanol–water partition coefficient (Wildman–Crippen LogP) is 6.73. The van der Waals surface area contributed by atoms with Crippen LogP contribution in [0.3, 0.4) is 0 Å². The van der Waals surface area contributed by atoms with E-state index in [4.69, 9.17) is 0 Å². The van der Waals surface area contributed by atoms with Gasteiger partial charge in [-0.15, -0.1) is 0 Å². The van der Waals surface area contributed by atoms with E-state index in [1.165, 1.54) is 95.4 Å². The molecule has 0 fully saturated rings. The summed E-state index contributed by atoms with van der Waals surface area (Å²) in [5, 5.41) is 0. The molecule has 1 nitrogen and oxygen atoms in total. The van der Waals surface area contributed by atoms with Crippen molar-refractivity contribution in [3.8, 4) is 0 Å². The highest BCUT2D eigenvalue weighted by molar-refractivity contribution is 7.21. The van der Waals surface area contributed by atoms with Crippen LogP contribution in [0.25, 0.3) is 5.57 Å². The quantitative estimate of drug-likeness (QED) is 0.292. The number of unbranched alkanes of at least 4 members (excludes halogenated alkanes) is 4. The van der Waals surface area contributed by atoms with E-state index in [1.54, 1.807) is 0 Å². The third kappa shape index (κ3) is 5.55. The number of hydrogen-bond acceptors (Lipinski definition) is 2. The standard InChI is InChI=1S/C28H40BNS/c1-5-8-11-12-15-22-20-26(29)31-28(22)27-21(4)24(17-9-6-2)30(19-10-7-3)25-18-14-13-16-23(25)27/h6,9,13,16-17,20,25H,4-5,7-8,10-12,14-15,18-19,29H2,1-3H3/b9-6-,24-17+. The van der Waals surface area contributed by atoms with E-state index in [2.05, 4.69) is 76.5 Å². The van der Waals surface area contributed by atoms with E-state index < -0.39 is 0 Å². The zero-order valence-corrected chi connectivity index (χ0v) is 21.0. The molecule has 0 N–H and O–H groups in total. The monoisotopic (exact) mass is 433 g/mol. The van der Waals surface area contributed by atoms with E-state index in [9.17, 15) is 0 Å². The second-order valence-electron chi connectivity index (χ2n) is 8.95. The molecule has 0 bridgehead atoms. The van der Waals surface area contributed by atoms with Crippen LogP contribution in [0, 0.1) is 0 Å². The molecule has 31 heavy (non-hydrogen) atoms.